The lowest BCUT2D eigenvalue weighted by atomic mass is 10.0. The Morgan fingerprint density at radius 2 is 1.62 bits per heavy atom. The number of aliphatic hydroxyl groups excluding tert-OH is 1. The maximum absolute atomic E-state index is 9.35. The minimum Gasteiger partial charge on any atom is -0.395 e. The molecule has 0 saturated heterocycles. The van der Waals surface area contributed by atoms with Gasteiger partial charge in [-0.15, -0.1) is 0 Å². The molecule has 21 heavy (non-hydrogen) atoms. The molecule has 0 amide bonds. The summed E-state index contributed by atoms with van der Waals surface area (Å²) >= 11 is 0. The van der Waals surface area contributed by atoms with E-state index >= 15 is 0 Å². The summed E-state index contributed by atoms with van der Waals surface area (Å²) < 4.78 is 0. The lowest BCUT2D eigenvalue weighted by Crippen LogP contribution is -2.31. The lowest BCUT2D eigenvalue weighted by molar-refractivity contribution is 0.144. The fraction of sp³-hybridized carbons (Fsp3) is 0.278. The standard InChI is InChI=1S/C18H20N2O/c19-12-11-18(17-9-5-2-6-10-17)20(13-14-21)15-16-7-3-1-4-8-16/h1-10,18,21H,11,13-15H2. The van der Waals surface area contributed by atoms with Gasteiger partial charge >= 0.3 is 0 Å². The van der Waals surface area contributed by atoms with Gasteiger partial charge in [0.05, 0.1) is 19.1 Å². The Morgan fingerprint density at radius 1 is 1.00 bits per heavy atom. The van der Waals surface area contributed by atoms with Gasteiger partial charge in [-0.05, 0) is 11.1 Å². The second kappa shape index (κ2) is 8.21. The molecule has 0 aliphatic rings. The van der Waals surface area contributed by atoms with E-state index < -0.39 is 0 Å². The molecular weight excluding hydrogens is 260 g/mol. The van der Waals surface area contributed by atoms with Crippen LogP contribution >= 0.6 is 0 Å². The zero-order valence-corrected chi connectivity index (χ0v) is 12.0. The molecule has 0 bridgehead atoms. The lowest BCUT2D eigenvalue weighted by Gasteiger charge is -2.30. The molecule has 3 nitrogen and oxygen atoms in total. The molecule has 0 heterocycles. The quantitative estimate of drug-likeness (QED) is 0.847. The molecule has 0 aromatic heterocycles. The molecular formula is C18H20N2O. The van der Waals surface area contributed by atoms with Crippen molar-refractivity contribution in [3.8, 4) is 6.07 Å². The largest absolute Gasteiger partial charge is 0.395 e. The molecule has 3 heteroatoms. The van der Waals surface area contributed by atoms with E-state index in [-0.39, 0.29) is 12.6 Å². The summed E-state index contributed by atoms with van der Waals surface area (Å²) in [5, 5.41) is 18.5. The van der Waals surface area contributed by atoms with Crippen LogP contribution in [0.2, 0.25) is 0 Å². The van der Waals surface area contributed by atoms with Gasteiger partial charge in [0.1, 0.15) is 0 Å². The molecule has 1 unspecified atom stereocenters. The Morgan fingerprint density at radius 3 is 2.19 bits per heavy atom. The van der Waals surface area contributed by atoms with Crippen LogP contribution in [-0.2, 0) is 6.54 Å². The average Bonchev–Trinajstić information content (AvgIpc) is 2.54. The Bertz CT molecular complexity index is 563. The Labute approximate surface area is 126 Å². The monoisotopic (exact) mass is 280 g/mol. The van der Waals surface area contributed by atoms with Crippen LogP contribution in [0.4, 0.5) is 0 Å². The molecule has 0 radical (unpaired) electrons. The first-order valence-electron chi connectivity index (χ1n) is 7.16. The third-order valence-electron chi connectivity index (χ3n) is 3.53. The summed E-state index contributed by atoms with van der Waals surface area (Å²) in [6.07, 6.45) is 0.414. The number of hydrogen-bond acceptors (Lipinski definition) is 3. The highest BCUT2D eigenvalue weighted by atomic mass is 16.3. The van der Waals surface area contributed by atoms with Gasteiger partial charge < -0.3 is 5.11 Å². The molecule has 2 aromatic carbocycles. The van der Waals surface area contributed by atoms with E-state index in [2.05, 4.69) is 23.1 Å². The molecule has 2 aromatic rings. The van der Waals surface area contributed by atoms with Crippen LogP contribution in [0.1, 0.15) is 23.6 Å². The van der Waals surface area contributed by atoms with Crippen molar-refractivity contribution in [2.24, 2.45) is 0 Å². The Balaban J connectivity index is 2.22. The summed E-state index contributed by atoms with van der Waals surface area (Å²) in [7, 11) is 0. The molecule has 1 N–H and O–H groups in total. The van der Waals surface area contributed by atoms with Crippen molar-refractivity contribution in [1.82, 2.24) is 4.90 Å². The third-order valence-corrected chi connectivity index (χ3v) is 3.53. The average molecular weight is 280 g/mol. The van der Waals surface area contributed by atoms with Crippen LogP contribution in [0.15, 0.2) is 60.7 Å². The molecule has 0 saturated carbocycles. The van der Waals surface area contributed by atoms with E-state index in [1.54, 1.807) is 0 Å². The molecule has 1 atom stereocenters. The van der Waals surface area contributed by atoms with Crippen LogP contribution in [0.25, 0.3) is 0 Å². The number of hydrogen-bond donors (Lipinski definition) is 1. The van der Waals surface area contributed by atoms with Crippen molar-refractivity contribution in [2.75, 3.05) is 13.2 Å². The van der Waals surface area contributed by atoms with E-state index in [1.165, 1.54) is 5.56 Å². The van der Waals surface area contributed by atoms with Gasteiger partial charge in [0.25, 0.3) is 0 Å². The van der Waals surface area contributed by atoms with E-state index in [0.29, 0.717) is 13.0 Å². The summed E-state index contributed by atoms with van der Waals surface area (Å²) in [5.41, 5.74) is 2.30. The van der Waals surface area contributed by atoms with Crippen molar-refractivity contribution in [3.63, 3.8) is 0 Å². The van der Waals surface area contributed by atoms with E-state index in [9.17, 15) is 5.11 Å². The maximum atomic E-state index is 9.35. The maximum Gasteiger partial charge on any atom is 0.0641 e. The van der Waals surface area contributed by atoms with Gasteiger partial charge in [0.15, 0.2) is 0 Å². The van der Waals surface area contributed by atoms with Gasteiger partial charge in [-0.3, -0.25) is 4.90 Å². The highest BCUT2D eigenvalue weighted by molar-refractivity contribution is 5.21. The van der Waals surface area contributed by atoms with Crippen molar-refractivity contribution in [3.05, 3.63) is 71.8 Å². The topological polar surface area (TPSA) is 47.3 Å². The van der Waals surface area contributed by atoms with Crippen LogP contribution in [0.3, 0.4) is 0 Å². The first kappa shape index (κ1) is 15.2. The number of benzene rings is 2. The van der Waals surface area contributed by atoms with E-state index in [0.717, 1.165) is 12.1 Å². The smallest absolute Gasteiger partial charge is 0.0641 e. The van der Waals surface area contributed by atoms with Crippen molar-refractivity contribution in [1.29, 1.82) is 5.26 Å². The van der Waals surface area contributed by atoms with Crippen LogP contribution < -0.4 is 0 Å². The molecule has 0 fully saturated rings. The van der Waals surface area contributed by atoms with Gasteiger partial charge in [0.2, 0.25) is 0 Å². The molecule has 0 aliphatic carbocycles. The minimum absolute atomic E-state index is 0.00329. The number of rotatable bonds is 7. The second-order valence-corrected chi connectivity index (χ2v) is 4.97. The minimum atomic E-state index is 0.00329. The highest BCUT2D eigenvalue weighted by Crippen LogP contribution is 2.25. The zero-order valence-electron chi connectivity index (χ0n) is 12.0. The van der Waals surface area contributed by atoms with Gasteiger partial charge in [-0.1, -0.05) is 60.7 Å². The number of nitrogens with zero attached hydrogens (tertiary/aromatic N) is 2. The van der Waals surface area contributed by atoms with Gasteiger partial charge in [0, 0.05) is 19.1 Å². The fourth-order valence-corrected chi connectivity index (χ4v) is 2.51. The SMILES string of the molecule is N#CCC(c1ccccc1)N(CCO)Cc1ccccc1. The fourth-order valence-electron chi connectivity index (χ4n) is 2.51. The van der Waals surface area contributed by atoms with Crippen LogP contribution in [0, 0.1) is 11.3 Å². The van der Waals surface area contributed by atoms with Gasteiger partial charge in [-0.25, -0.2) is 0 Å². The summed E-state index contributed by atoms with van der Waals surface area (Å²) in [6.45, 7) is 1.36. The van der Waals surface area contributed by atoms with Crippen molar-refractivity contribution >= 4 is 0 Å². The molecule has 2 rings (SSSR count). The predicted molar refractivity (Wildman–Crippen MR) is 83.4 cm³/mol. The Hall–Kier alpha value is -2.15. The zero-order chi connectivity index (χ0) is 14.9. The van der Waals surface area contributed by atoms with E-state index in [1.807, 2.05) is 48.5 Å². The highest BCUT2D eigenvalue weighted by Gasteiger charge is 2.20. The summed E-state index contributed by atoms with van der Waals surface area (Å²) in [6, 6.07) is 22.4. The Kier molecular flexibility index (Phi) is 5.96. The normalized spacial score (nSPS) is 12.0. The number of aliphatic hydroxyl groups is 1. The molecule has 0 spiro atoms. The summed E-state index contributed by atoms with van der Waals surface area (Å²) in [5.74, 6) is 0. The van der Waals surface area contributed by atoms with Crippen molar-refractivity contribution in [2.45, 2.75) is 19.0 Å². The van der Waals surface area contributed by atoms with Crippen LogP contribution in [-0.4, -0.2) is 23.2 Å². The van der Waals surface area contributed by atoms with Crippen molar-refractivity contribution < 1.29 is 5.11 Å². The molecule has 108 valence electrons. The molecule has 0 aliphatic heterocycles. The van der Waals surface area contributed by atoms with E-state index in [4.69, 9.17) is 5.26 Å². The second-order valence-electron chi connectivity index (χ2n) is 4.97. The number of nitriles is 1. The first-order chi connectivity index (χ1) is 10.3. The summed E-state index contributed by atoms with van der Waals surface area (Å²) in [4.78, 5) is 2.16. The van der Waals surface area contributed by atoms with Gasteiger partial charge in [-0.2, -0.15) is 5.26 Å². The first-order valence-corrected chi connectivity index (χ1v) is 7.16. The predicted octanol–water partition coefficient (Wildman–Crippen LogP) is 3.14. The van der Waals surface area contributed by atoms with Crippen LogP contribution in [0.5, 0.6) is 0 Å². The third kappa shape index (κ3) is 4.42.